The molecule has 15 heteroatoms. The van der Waals surface area contributed by atoms with Gasteiger partial charge in [0, 0.05) is 90.3 Å². The van der Waals surface area contributed by atoms with Crippen molar-refractivity contribution in [1.29, 1.82) is 0 Å². The van der Waals surface area contributed by atoms with Gasteiger partial charge in [0.1, 0.15) is 23.0 Å². The Morgan fingerprint density at radius 1 is 0.413 bits per heavy atom. The van der Waals surface area contributed by atoms with Crippen LogP contribution in [0.2, 0.25) is 0 Å². The topological polar surface area (TPSA) is 142 Å². The lowest BCUT2D eigenvalue weighted by atomic mass is 9.90. The fraction of sp³-hybridized carbons (Fsp3) is 0.417. The van der Waals surface area contributed by atoms with Crippen molar-refractivity contribution in [3.05, 3.63) is 147 Å². The number of carbonyl (C=O) groups excluding carboxylic acids is 4. The minimum atomic E-state index is -0.206. The fourth-order valence-corrected chi connectivity index (χ4v) is 9.78. The van der Waals surface area contributed by atoms with Gasteiger partial charge in [-0.15, -0.1) is 0 Å². The second kappa shape index (κ2) is 28.5. The van der Waals surface area contributed by atoms with E-state index in [2.05, 4.69) is 22.8 Å². The maximum absolute atomic E-state index is 13.8. The summed E-state index contributed by atoms with van der Waals surface area (Å²) in [7, 11) is 0. The molecule has 0 saturated carbocycles. The highest BCUT2D eigenvalue weighted by molar-refractivity contribution is 7.80. The van der Waals surface area contributed by atoms with Crippen molar-refractivity contribution in [1.82, 2.24) is 24.9 Å². The average Bonchev–Trinajstić information content (AvgIpc) is 3.41. The summed E-state index contributed by atoms with van der Waals surface area (Å²) in [5.41, 5.74) is 8.12. The van der Waals surface area contributed by atoms with Crippen molar-refractivity contribution < 1.29 is 38.1 Å². The molecule has 400 valence electrons. The van der Waals surface area contributed by atoms with Crippen LogP contribution in [0.3, 0.4) is 0 Å². The number of benzene rings is 5. The minimum absolute atomic E-state index is 0.133. The first kappa shape index (κ1) is 57.2. The van der Waals surface area contributed by atoms with Crippen LogP contribution in [0.4, 0.5) is 5.69 Å². The Balaban J connectivity index is 1.60. The van der Waals surface area contributed by atoms with E-state index in [1.54, 1.807) is 19.6 Å². The minimum Gasteiger partial charge on any atom is -0.483 e. The third-order valence-electron chi connectivity index (χ3n) is 13.7. The highest BCUT2D eigenvalue weighted by atomic mass is 32.1. The van der Waals surface area contributed by atoms with Gasteiger partial charge in [0.25, 0.3) is 23.6 Å². The quantitative estimate of drug-likeness (QED) is 0.0595. The van der Waals surface area contributed by atoms with Gasteiger partial charge in [0.05, 0.1) is 0 Å². The zero-order valence-electron chi connectivity index (χ0n) is 45.2. The molecule has 0 unspecified atom stereocenters. The van der Waals surface area contributed by atoms with E-state index in [-0.39, 0.29) is 62.9 Å². The van der Waals surface area contributed by atoms with Crippen LogP contribution in [0.15, 0.2) is 97.1 Å². The van der Waals surface area contributed by atoms with E-state index >= 15 is 0 Å². The maximum atomic E-state index is 13.8. The van der Waals surface area contributed by atoms with Gasteiger partial charge in [-0.2, -0.15) is 0 Å². The van der Waals surface area contributed by atoms with Gasteiger partial charge in [0.15, 0.2) is 31.5 Å². The largest absolute Gasteiger partial charge is 0.483 e. The summed E-state index contributed by atoms with van der Waals surface area (Å²) in [5, 5.41) is 7.12. The number of anilines is 1. The van der Waals surface area contributed by atoms with Gasteiger partial charge in [-0.3, -0.25) is 19.2 Å². The third-order valence-corrected chi connectivity index (χ3v) is 13.9. The number of ether oxygens (including phenoxy) is 4. The van der Waals surface area contributed by atoms with Crippen LogP contribution in [-0.2, 0) is 51.4 Å². The number of hydrogen-bond acceptors (Lipinski definition) is 9. The second-order valence-electron chi connectivity index (χ2n) is 18.3. The van der Waals surface area contributed by atoms with E-state index in [0.29, 0.717) is 99.9 Å². The molecule has 1 aliphatic rings. The summed E-state index contributed by atoms with van der Waals surface area (Å²) < 4.78 is 26.9. The molecule has 1 aliphatic carbocycles. The molecule has 4 amide bonds. The number of thiocarbonyl (C=S) groups is 1. The van der Waals surface area contributed by atoms with Crippen LogP contribution in [0, 0.1) is 0 Å². The molecular formula is C60H76N6O8S. The van der Waals surface area contributed by atoms with Crippen LogP contribution in [0.1, 0.15) is 105 Å². The number of hydrogen-bond donors (Lipinski definition) is 2. The number of fused-ring (bicyclic) bond motifs is 8. The zero-order chi connectivity index (χ0) is 53.9. The van der Waals surface area contributed by atoms with Gasteiger partial charge >= 0.3 is 0 Å². The molecule has 0 aliphatic heterocycles. The number of nitrogens with zero attached hydrogens (tertiary/aromatic N) is 4. The van der Waals surface area contributed by atoms with Gasteiger partial charge in [-0.25, -0.2) is 0 Å². The molecule has 8 bridgehead atoms. The van der Waals surface area contributed by atoms with E-state index in [4.69, 9.17) is 31.2 Å². The Morgan fingerprint density at radius 2 is 0.693 bits per heavy atom. The lowest BCUT2D eigenvalue weighted by molar-refractivity contribution is -0.133. The summed E-state index contributed by atoms with van der Waals surface area (Å²) >= 11 is 5.80. The zero-order valence-corrected chi connectivity index (χ0v) is 46.0. The van der Waals surface area contributed by atoms with Gasteiger partial charge in [-0.1, -0.05) is 72.8 Å². The molecule has 0 atom stereocenters. The number of amides is 4. The van der Waals surface area contributed by atoms with Crippen molar-refractivity contribution >= 4 is 46.6 Å². The Kier molecular flexibility index (Phi) is 21.7. The van der Waals surface area contributed by atoms with Crippen LogP contribution in [0.25, 0.3) is 0 Å². The second-order valence-corrected chi connectivity index (χ2v) is 18.7. The summed E-state index contributed by atoms with van der Waals surface area (Å²) in [6.07, 6.45) is 1.23. The third kappa shape index (κ3) is 15.2. The van der Waals surface area contributed by atoms with Crippen molar-refractivity contribution in [2.45, 2.75) is 87.6 Å². The van der Waals surface area contributed by atoms with Crippen molar-refractivity contribution in [3.63, 3.8) is 0 Å². The van der Waals surface area contributed by atoms with Crippen molar-refractivity contribution in [2.75, 3.05) is 84.1 Å². The summed E-state index contributed by atoms with van der Waals surface area (Å²) in [6, 6.07) is 31.8. The maximum Gasteiger partial charge on any atom is 0.260 e. The van der Waals surface area contributed by atoms with Gasteiger partial charge in [0.2, 0.25) is 0 Å². The van der Waals surface area contributed by atoms with Crippen molar-refractivity contribution in [3.8, 4) is 23.0 Å². The molecule has 5 aromatic rings. The molecule has 0 fully saturated rings. The van der Waals surface area contributed by atoms with Crippen molar-refractivity contribution in [2.24, 2.45) is 0 Å². The first-order chi connectivity index (χ1) is 36.4. The predicted molar refractivity (Wildman–Crippen MR) is 300 cm³/mol. The Labute approximate surface area is 449 Å². The lowest BCUT2D eigenvalue weighted by Gasteiger charge is -2.25. The summed E-state index contributed by atoms with van der Waals surface area (Å²) in [6.45, 7) is 19.5. The Morgan fingerprint density at radius 3 is 0.987 bits per heavy atom. The number of nitrogens with one attached hydrogen (secondary N) is 2. The molecule has 5 aromatic carbocycles. The standard InChI is InChI=1S/C60H76N6O8S/c1-9-63(10-2)52(67)38-71-56-43-23-20-24-44(56)34-46-26-22-28-48(58(46)73-40-54(69)65(13-5)14-6)36-50-32-42(37-61-60(75)62-51-29-18-17-19-30-51)31-49(59(50)74-41-55(70)66(15-7)16-8)35-47-27-21-25-45(33-43)57(47)72-39-53(68)64(11-3)12-4/h17-32H,9-16,33-41H2,1-8H3,(H2,61,62,75). The number of likely N-dealkylation sites (N-methyl/N-ethyl adjacent to an activating group) is 4. The molecule has 2 N–H and O–H groups in total. The van der Waals surface area contributed by atoms with Crippen LogP contribution in [-0.4, -0.2) is 127 Å². The molecular weight excluding hydrogens is 965 g/mol. The van der Waals surface area contributed by atoms with E-state index in [9.17, 15) is 19.2 Å². The Hall–Kier alpha value is -7.13. The SMILES string of the molecule is CCN(CC)C(=O)COc1c2cccc1Cc1cccc(c1OCC(=O)N(CC)CC)Cc1cc(CNC(=S)Nc3ccccc3)cc(c1OCC(=O)N(CC)CC)Cc1cccc(c1OCC(=O)N(CC)CC)C2. The molecule has 0 saturated heterocycles. The van der Waals surface area contributed by atoms with Gasteiger partial charge < -0.3 is 49.2 Å². The van der Waals surface area contributed by atoms with E-state index in [0.717, 1.165) is 55.8 Å². The summed E-state index contributed by atoms with van der Waals surface area (Å²) in [4.78, 5) is 61.8. The first-order valence-electron chi connectivity index (χ1n) is 26.6. The number of para-hydroxylation sites is 4. The van der Waals surface area contributed by atoms with Gasteiger partial charge in [-0.05, 0) is 142 Å². The molecule has 0 aromatic heterocycles. The molecule has 75 heavy (non-hydrogen) atoms. The van der Waals surface area contributed by atoms with Crippen LogP contribution < -0.4 is 29.6 Å². The first-order valence-corrected chi connectivity index (χ1v) is 27.0. The highest BCUT2D eigenvalue weighted by Gasteiger charge is 2.26. The number of rotatable bonds is 23. The molecule has 0 heterocycles. The van der Waals surface area contributed by atoms with Crippen LogP contribution in [0.5, 0.6) is 23.0 Å². The highest BCUT2D eigenvalue weighted by Crippen LogP contribution is 2.40. The molecule has 6 rings (SSSR count). The van der Waals surface area contributed by atoms with E-state index in [1.807, 2.05) is 140 Å². The molecule has 0 spiro atoms. The monoisotopic (exact) mass is 1040 g/mol. The van der Waals surface area contributed by atoms with Crippen LogP contribution >= 0.6 is 12.2 Å². The molecule has 14 nitrogen and oxygen atoms in total. The summed E-state index contributed by atoms with van der Waals surface area (Å²) in [5.74, 6) is 1.61. The average molecular weight is 1040 g/mol. The smallest absolute Gasteiger partial charge is 0.260 e. The van der Waals surface area contributed by atoms with E-state index in [1.165, 1.54) is 0 Å². The lowest BCUT2D eigenvalue weighted by Crippen LogP contribution is -2.35. The Bertz CT molecular complexity index is 2610. The molecule has 0 radical (unpaired) electrons. The predicted octanol–water partition coefficient (Wildman–Crippen LogP) is 8.84. The van der Waals surface area contributed by atoms with E-state index < -0.39 is 0 Å². The number of carbonyl (C=O) groups is 4. The normalized spacial score (nSPS) is 11.7. The fourth-order valence-electron chi connectivity index (χ4n) is 9.59.